The van der Waals surface area contributed by atoms with Gasteiger partial charge in [-0.25, -0.2) is 0 Å². The number of phenols is 1. The lowest BCUT2D eigenvalue weighted by atomic mass is 10.2. The van der Waals surface area contributed by atoms with Crippen molar-refractivity contribution in [3.05, 3.63) is 22.2 Å². The molecular formula is C12H13BrF3NO4. The maximum Gasteiger partial charge on any atom is 0.401 e. The van der Waals surface area contributed by atoms with Crippen LogP contribution in [0.5, 0.6) is 11.5 Å². The number of ether oxygens (including phenoxy) is 1. The highest BCUT2D eigenvalue weighted by molar-refractivity contribution is 9.10. The van der Waals surface area contributed by atoms with Crippen LogP contribution in [0.2, 0.25) is 0 Å². The summed E-state index contributed by atoms with van der Waals surface area (Å²) < 4.78 is 42.5. The van der Waals surface area contributed by atoms with E-state index in [1.165, 1.54) is 19.2 Å². The van der Waals surface area contributed by atoms with Crippen LogP contribution in [0.4, 0.5) is 13.2 Å². The number of hydrogen-bond acceptors (Lipinski definition) is 4. The molecule has 1 aromatic carbocycles. The molecule has 0 heterocycles. The second-order valence-electron chi connectivity index (χ2n) is 4.28. The number of benzene rings is 1. The van der Waals surface area contributed by atoms with Crippen LogP contribution in [0.15, 0.2) is 16.6 Å². The molecule has 0 radical (unpaired) electrons. The number of hydrogen-bond donors (Lipinski definition) is 2. The summed E-state index contributed by atoms with van der Waals surface area (Å²) in [5, 5.41) is 18.3. The molecule has 0 atom stereocenters. The average molecular weight is 372 g/mol. The molecule has 0 saturated heterocycles. The Hall–Kier alpha value is -1.48. The third kappa shape index (κ3) is 5.80. The lowest BCUT2D eigenvalue weighted by molar-refractivity contribution is -0.154. The van der Waals surface area contributed by atoms with Crippen LogP contribution in [-0.4, -0.2) is 47.5 Å². The zero-order valence-corrected chi connectivity index (χ0v) is 12.5. The Balaban J connectivity index is 2.97. The summed E-state index contributed by atoms with van der Waals surface area (Å²) in [5.74, 6) is -1.45. The van der Waals surface area contributed by atoms with E-state index in [0.717, 1.165) is 4.90 Å². The second kappa shape index (κ2) is 6.99. The minimum atomic E-state index is -4.51. The third-order valence-corrected chi connectivity index (χ3v) is 3.08. The molecule has 0 aliphatic rings. The van der Waals surface area contributed by atoms with E-state index in [1.54, 1.807) is 0 Å². The molecule has 0 aromatic heterocycles. The molecule has 9 heteroatoms. The molecule has 0 amide bonds. The van der Waals surface area contributed by atoms with Gasteiger partial charge in [-0.3, -0.25) is 9.69 Å². The van der Waals surface area contributed by atoms with Gasteiger partial charge in [0, 0.05) is 6.54 Å². The number of methoxy groups -OCH3 is 1. The van der Waals surface area contributed by atoms with Gasteiger partial charge >= 0.3 is 12.1 Å². The van der Waals surface area contributed by atoms with E-state index in [0.29, 0.717) is 5.56 Å². The Morgan fingerprint density at radius 2 is 2.05 bits per heavy atom. The van der Waals surface area contributed by atoms with E-state index < -0.39 is 25.2 Å². The van der Waals surface area contributed by atoms with Gasteiger partial charge in [-0.15, -0.1) is 0 Å². The van der Waals surface area contributed by atoms with E-state index >= 15 is 0 Å². The fraction of sp³-hybridized carbons (Fsp3) is 0.417. The Labute approximate surface area is 127 Å². The number of carboxylic acid groups (broad SMARTS) is 1. The Bertz CT molecular complexity index is 522. The predicted molar refractivity (Wildman–Crippen MR) is 71.3 cm³/mol. The highest BCUT2D eigenvalue weighted by Gasteiger charge is 2.31. The van der Waals surface area contributed by atoms with Crippen molar-refractivity contribution in [3.8, 4) is 11.5 Å². The van der Waals surface area contributed by atoms with Crippen LogP contribution < -0.4 is 4.74 Å². The van der Waals surface area contributed by atoms with Gasteiger partial charge in [0.05, 0.1) is 24.7 Å². The van der Waals surface area contributed by atoms with E-state index in [2.05, 4.69) is 15.9 Å². The molecule has 1 rings (SSSR count). The van der Waals surface area contributed by atoms with Gasteiger partial charge < -0.3 is 14.9 Å². The molecule has 0 aliphatic heterocycles. The quantitative estimate of drug-likeness (QED) is 0.804. The third-order valence-electron chi connectivity index (χ3n) is 2.48. The van der Waals surface area contributed by atoms with Gasteiger partial charge in [0.25, 0.3) is 0 Å². The van der Waals surface area contributed by atoms with Crippen molar-refractivity contribution in [2.45, 2.75) is 12.7 Å². The number of carboxylic acids is 1. The summed E-state index contributed by atoms with van der Waals surface area (Å²) in [7, 11) is 1.30. The minimum Gasteiger partial charge on any atom is -0.503 e. The largest absolute Gasteiger partial charge is 0.503 e. The first kappa shape index (κ1) is 17.6. The molecule has 5 nitrogen and oxygen atoms in total. The summed E-state index contributed by atoms with van der Waals surface area (Å²) in [6, 6.07) is 2.76. The van der Waals surface area contributed by atoms with Crippen molar-refractivity contribution in [1.82, 2.24) is 4.90 Å². The molecule has 0 aliphatic carbocycles. The van der Waals surface area contributed by atoms with Gasteiger partial charge in [-0.2, -0.15) is 13.2 Å². The summed E-state index contributed by atoms with van der Waals surface area (Å²) in [6.07, 6.45) is -4.51. The Kier molecular flexibility index (Phi) is 5.85. The Morgan fingerprint density at radius 1 is 1.43 bits per heavy atom. The van der Waals surface area contributed by atoms with Crippen molar-refractivity contribution in [2.75, 3.05) is 20.2 Å². The number of aliphatic carboxylic acids is 1. The molecule has 0 unspecified atom stereocenters. The first-order valence-electron chi connectivity index (χ1n) is 5.68. The fourth-order valence-corrected chi connectivity index (χ4v) is 2.23. The van der Waals surface area contributed by atoms with Crippen molar-refractivity contribution in [2.24, 2.45) is 0 Å². The molecule has 1 aromatic rings. The van der Waals surface area contributed by atoms with Gasteiger partial charge in [-0.1, -0.05) is 0 Å². The molecule has 118 valence electrons. The molecule has 2 N–H and O–H groups in total. The molecule has 0 spiro atoms. The predicted octanol–water partition coefficient (Wildman–Crippen LogP) is 2.61. The molecule has 0 bridgehead atoms. The summed E-state index contributed by atoms with van der Waals surface area (Å²) in [4.78, 5) is 11.4. The van der Waals surface area contributed by atoms with Crippen molar-refractivity contribution in [3.63, 3.8) is 0 Å². The topological polar surface area (TPSA) is 70.0 Å². The standard InChI is InChI=1S/C12H13BrF3NO4/c1-21-9-3-7(2-8(13)11(9)20)4-17(5-10(18)19)6-12(14,15)16/h2-3,20H,4-6H2,1H3,(H,18,19). The van der Waals surface area contributed by atoms with Crippen LogP contribution in [0.1, 0.15) is 5.56 Å². The first-order chi connectivity index (χ1) is 9.62. The first-order valence-corrected chi connectivity index (χ1v) is 6.48. The number of rotatable bonds is 6. The fourth-order valence-electron chi connectivity index (χ4n) is 1.74. The monoisotopic (exact) mass is 371 g/mol. The molecule has 0 fully saturated rings. The Morgan fingerprint density at radius 3 is 2.52 bits per heavy atom. The second-order valence-corrected chi connectivity index (χ2v) is 5.14. The van der Waals surface area contributed by atoms with Crippen LogP contribution in [-0.2, 0) is 11.3 Å². The highest BCUT2D eigenvalue weighted by atomic mass is 79.9. The number of carbonyl (C=O) groups is 1. The van der Waals surface area contributed by atoms with Gasteiger partial charge in [0.1, 0.15) is 0 Å². The number of aromatic hydroxyl groups is 1. The van der Waals surface area contributed by atoms with E-state index in [9.17, 15) is 23.1 Å². The highest BCUT2D eigenvalue weighted by Crippen LogP contribution is 2.35. The van der Waals surface area contributed by atoms with Gasteiger partial charge in [0.2, 0.25) is 0 Å². The maximum atomic E-state index is 12.4. The number of halogens is 4. The van der Waals surface area contributed by atoms with Crippen LogP contribution >= 0.6 is 15.9 Å². The van der Waals surface area contributed by atoms with Gasteiger partial charge in [0.15, 0.2) is 11.5 Å². The lowest BCUT2D eigenvalue weighted by Gasteiger charge is -2.22. The molecule has 21 heavy (non-hydrogen) atoms. The number of alkyl halides is 3. The van der Waals surface area contributed by atoms with Crippen LogP contribution in [0, 0.1) is 0 Å². The molecular weight excluding hydrogens is 359 g/mol. The number of phenolic OH excluding ortho intramolecular Hbond substituents is 1. The lowest BCUT2D eigenvalue weighted by Crippen LogP contribution is -2.37. The molecule has 0 saturated carbocycles. The number of nitrogens with zero attached hydrogens (tertiary/aromatic N) is 1. The SMILES string of the molecule is COc1cc(CN(CC(=O)O)CC(F)(F)F)cc(Br)c1O. The normalized spacial score (nSPS) is 11.7. The van der Waals surface area contributed by atoms with Crippen molar-refractivity contribution >= 4 is 21.9 Å². The van der Waals surface area contributed by atoms with Crippen molar-refractivity contribution < 1.29 is 32.9 Å². The average Bonchev–Trinajstić information content (AvgIpc) is 2.30. The smallest absolute Gasteiger partial charge is 0.401 e. The van der Waals surface area contributed by atoms with Gasteiger partial charge in [-0.05, 0) is 33.6 Å². The zero-order chi connectivity index (χ0) is 16.2. The van der Waals surface area contributed by atoms with E-state index in [1.807, 2.05) is 0 Å². The maximum absolute atomic E-state index is 12.4. The van der Waals surface area contributed by atoms with E-state index in [-0.39, 0.29) is 22.5 Å². The van der Waals surface area contributed by atoms with Crippen LogP contribution in [0.3, 0.4) is 0 Å². The summed E-state index contributed by atoms with van der Waals surface area (Å²) in [6.45, 7) is -2.35. The zero-order valence-electron chi connectivity index (χ0n) is 10.9. The summed E-state index contributed by atoms with van der Waals surface area (Å²) >= 11 is 3.05. The minimum absolute atomic E-state index is 0.0849. The van der Waals surface area contributed by atoms with Crippen LogP contribution in [0.25, 0.3) is 0 Å². The van der Waals surface area contributed by atoms with E-state index in [4.69, 9.17) is 9.84 Å². The van der Waals surface area contributed by atoms with Crippen molar-refractivity contribution in [1.29, 1.82) is 0 Å². The summed E-state index contributed by atoms with van der Waals surface area (Å²) in [5.41, 5.74) is 0.377.